The molecule has 3 aromatic rings. The van der Waals surface area contributed by atoms with E-state index in [1.165, 1.54) is 48.4 Å². The lowest BCUT2D eigenvalue weighted by Crippen LogP contribution is -2.36. The molecule has 3 aromatic carbocycles. The summed E-state index contributed by atoms with van der Waals surface area (Å²) < 4.78 is 37.3. The maximum Gasteiger partial charge on any atom is 0.243 e. The number of hydrogen-bond acceptors (Lipinski definition) is 5. The summed E-state index contributed by atoms with van der Waals surface area (Å²) in [6.07, 6.45) is 0.0599. The van der Waals surface area contributed by atoms with Gasteiger partial charge in [0.15, 0.2) is 11.5 Å². The van der Waals surface area contributed by atoms with Gasteiger partial charge < -0.3 is 14.4 Å². The first-order valence-corrected chi connectivity index (χ1v) is 10.6. The lowest BCUT2D eigenvalue weighted by atomic mass is 10.1. The molecule has 176 valence electrons. The zero-order valence-corrected chi connectivity index (χ0v) is 18.4. The molecule has 1 aliphatic heterocycles. The van der Waals surface area contributed by atoms with Gasteiger partial charge >= 0.3 is 0 Å². The minimum Gasteiger partial charge on any atom is -0.493 e. The quantitative estimate of drug-likeness (QED) is 0.489. The Hall–Kier alpha value is -4.14. The van der Waals surface area contributed by atoms with Crippen molar-refractivity contribution < 1.29 is 27.8 Å². The first kappa shape index (κ1) is 23.0. The number of amides is 2. The van der Waals surface area contributed by atoms with E-state index in [-0.39, 0.29) is 37.2 Å². The minimum absolute atomic E-state index is 0.0599. The van der Waals surface area contributed by atoms with Crippen molar-refractivity contribution in [1.82, 2.24) is 5.43 Å². The van der Waals surface area contributed by atoms with Gasteiger partial charge in [-0.3, -0.25) is 20.4 Å². The van der Waals surface area contributed by atoms with E-state index in [1.807, 2.05) is 0 Å². The molecule has 9 heteroatoms. The molecule has 0 bridgehead atoms. The molecule has 0 radical (unpaired) electrons. The predicted molar refractivity (Wildman–Crippen MR) is 122 cm³/mol. The SMILES string of the molecule is COc1cc(NNC(=O)[C@H]2CC(=O)N(c3ccc(F)cc3)C2)ccc1OCc1ccc(F)cc1. The summed E-state index contributed by atoms with van der Waals surface area (Å²) in [5, 5.41) is 0. The van der Waals surface area contributed by atoms with Gasteiger partial charge in [0, 0.05) is 24.7 Å². The number of ether oxygens (including phenoxy) is 2. The number of anilines is 2. The number of carbonyl (C=O) groups is 2. The number of hydrogen-bond donors (Lipinski definition) is 2. The minimum atomic E-state index is -0.551. The van der Waals surface area contributed by atoms with Crippen molar-refractivity contribution in [2.24, 2.45) is 5.92 Å². The summed E-state index contributed by atoms with van der Waals surface area (Å²) in [4.78, 5) is 26.4. The molecule has 34 heavy (non-hydrogen) atoms. The van der Waals surface area contributed by atoms with Crippen LogP contribution >= 0.6 is 0 Å². The summed E-state index contributed by atoms with van der Waals surface area (Å²) in [7, 11) is 1.50. The molecule has 0 aromatic heterocycles. The number of nitrogens with zero attached hydrogens (tertiary/aromatic N) is 1. The third-order valence-electron chi connectivity index (χ3n) is 5.44. The average molecular weight is 467 g/mol. The van der Waals surface area contributed by atoms with Crippen molar-refractivity contribution in [2.75, 3.05) is 24.0 Å². The fraction of sp³-hybridized carbons (Fsp3) is 0.200. The van der Waals surface area contributed by atoms with E-state index in [1.54, 1.807) is 30.3 Å². The number of benzene rings is 3. The molecule has 0 spiro atoms. The smallest absolute Gasteiger partial charge is 0.243 e. The summed E-state index contributed by atoms with van der Waals surface area (Å²) in [5.41, 5.74) is 7.35. The number of nitrogens with one attached hydrogen (secondary N) is 2. The van der Waals surface area contributed by atoms with Gasteiger partial charge in [0.1, 0.15) is 18.2 Å². The number of hydrazine groups is 1. The van der Waals surface area contributed by atoms with Crippen LogP contribution in [0.4, 0.5) is 20.2 Å². The molecule has 0 unspecified atom stereocenters. The lowest BCUT2D eigenvalue weighted by Gasteiger charge is -2.17. The second kappa shape index (κ2) is 10.2. The van der Waals surface area contributed by atoms with Crippen LogP contribution in [-0.4, -0.2) is 25.5 Å². The highest BCUT2D eigenvalue weighted by Gasteiger charge is 2.35. The Bertz CT molecular complexity index is 1170. The van der Waals surface area contributed by atoms with Crippen molar-refractivity contribution in [3.8, 4) is 11.5 Å². The number of halogens is 2. The van der Waals surface area contributed by atoms with Crippen LogP contribution in [0.15, 0.2) is 66.7 Å². The van der Waals surface area contributed by atoms with E-state index in [0.717, 1.165) is 5.56 Å². The fourth-order valence-corrected chi connectivity index (χ4v) is 3.60. The molecule has 0 saturated carbocycles. The third kappa shape index (κ3) is 5.43. The molecular weight excluding hydrogens is 444 g/mol. The van der Waals surface area contributed by atoms with Crippen LogP contribution in [0.5, 0.6) is 11.5 Å². The topological polar surface area (TPSA) is 79.9 Å². The molecule has 7 nitrogen and oxygen atoms in total. The van der Waals surface area contributed by atoms with Gasteiger partial charge in [0.25, 0.3) is 0 Å². The van der Waals surface area contributed by atoms with Crippen LogP contribution in [0.2, 0.25) is 0 Å². The second-order valence-electron chi connectivity index (χ2n) is 7.78. The monoisotopic (exact) mass is 467 g/mol. The Morgan fingerprint density at radius 3 is 2.35 bits per heavy atom. The molecule has 2 N–H and O–H groups in total. The van der Waals surface area contributed by atoms with Crippen LogP contribution in [0, 0.1) is 17.6 Å². The van der Waals surface area contributed by atoms with E-state index in [9.17, 15) is 18.4 Å². The Morgan fingerprint density at radius 2 is 1.68 bits per heavy atom. The maximum atomic E-state index is 13.1. The van der Waals surface area contributed by atoms with Gasteiger partial charge in [-0.15, -0.1) is 0 Å². The van der Waals surface area contributed by atoms with Crippen molar-refractivity contribution >= 4 is 23.2 Å². The van der Waals surface area contributed by atoms with Crippen molar-refractivity contribution in [3.63, 3.8) is 0 Å². The van der Waals surface area contributed by atoms with Crippen LogP contribution < -0.4 is 25.2 Å². The summed E-state index contributed by atoms with van der Waals surface area (Å²) in [6.45, 7) is 0.442. The first-order valence-electron chi connectivity index (χ1n) is 10.6. The largest absolute Gasteiger partial charge is 0.493 e. The van der Waals surface area contributed by atoms with Gasteiger partial charge in [-0.05, 0) is 54.1 Å². The van der Waals surface area contributed by atoms with E-state index >= 15 is 0 Å². The summed E-state index contributed by atoms with van der Waals surface area (Å²) >= 11 is 0. The average Bonchev–Trinajstić information content (AvgIpc) is 3.24. The zero-order chi connectivity index (χ0) is 24.1. The van der Waals surface area contributed by atoms with Crippen molar-refractivity contribution in [1.29, 1.82) is 0 Å². The zero-order valence-electron chi connectivity index (χ0n) is 18.4. The molecule has 4 rings (SSSR count). The molecule has 1 fully saturated rings. The molecule has 1 atom stereocenters. The Labute approximate surface area is 195 Å². The fourth-order valence-electron chi connectivity index (χ4n) is 3.60. The predicted octanol–water partition coefficient (Wildman–Crippen LogP) is 4.05. The van der Waals surface area contributed by atoms with E-state index in [4.69, 9.17) is 9.47 Å². The van der Waals surface area contributed by atoms with Crippen molar-refractivity contribution in [2.45, 2.75) is 13.0 Å². The Kier molecular flexibility index (Phi) is 6.91. The summed E-state index contributed by atoms with van der Waals surface area (Å²) in [6, 6.07) is 16.6. The Morgan fingerprint density at radius 1 is 1.00 bits per heavy atom. The van der Waals surface area contributed by atoms with Crippen molar-refractivity contribution in [3.05, 3.63) is 83.9 Å². The first-order chi connectivity index (χ1) is 16.4. The van der Waals surface area contributed by atoms with E-state index in [0.29, 0.717) is 22.9 Å². The highest BCUT2D eigenvalue weighted by molar-refractivity contribution is 6.00. The van der Waals surface area contributed by atoms with Gasteiger partial charge in [-0.25, -0.2) is 8.78 Å². The highest BCUT2D eigenvalue weighted by atomic mass is 19.1. The molecule has 1 saturated heterocycles. The molecule has 1 aliphatic rings. The molecule has 2 amide bonds. The van der Waals surface area contributed by atoms with E-state index < -0.39 is 11.7 Å². The van der Waals surface area contributed by atoms with E-state index in [2.05, 4.69) is 10.9 Å². The summed E-state index contributed by atoms with van der Waals surface area (Å²) in [5.74, 6) is -0.866. The van der Waals surface area contributed by atoms with Gasteiger partial charge in [-0.1, -0.05) is 12.1 Å². The molecule has 1 heterocycles. The van der Waals surface area contributed by atoms with Gasteiger partial charge in [0.2, 0.25) is 11.8 Å². The highest BCUT2D eigenvalue weighted by Crippen LogP contribution is 2.31. The second-order valence-corrected chi connectivity index (χ2v) is 7.78. The molecular formula is C25H23F2N3O4. The maximum absolute atomic E-state index is 13.1. The standard InChI is InChI=1S/C25H23F2N3O4/c1-33-23-13-20(8-11-22(23)34-15-16-2-4-18(26)5-3-16)28-29-25(32)17-12-24(31)30(14-17)21-9-6-19(27)7-10-21/h2-11,13,17,28H,12,14-15H2,1H3,(H,29,32)/t17-/m0/s1. The van der Waals surface area contributed by atoms with Crippen LogP contribution in [-0.2, 0) is 16.2 Å². The normalized spacial score (nSPS) is 15.2. The number of carbonyl (C=O) groups excluding carboxylic acids is 2. The van der Waals surface area contributed by atoms with Crippen LogP contribution in [0.3, 0.4) is 0 Å². The number of methoxy groups -OCH3 is 1. The van der Waals surface area contributed by atoms with Gasteiger partial charge in [0.05, 0.1) is 18.7 Å². The lowest BCUT2D eigenvalue weighted by molar-refractivity contribution is -0.125. The third-order valence-corrected chi connectivity index (χ3v) is 5.44. The van der Waals surface area contributed by atoms with Gasteiger partial charge in [-0.2, -0.15) is 0 Å². The Balaban J connectivity index is 1.33. The van der Waals surface area contributed by atoms with Crippen LogP contribution in [0.1, 0.15) is 12.0 Å². The van der Waals surface area contributed by atoms with Crippen LogP contribution in [0.25, 0.3) is 0 Å². The number of rotatable bonds is 8. The molecule has 0 aliphatic carbocycles.